The van der Waals surface area contributed by atoms with Gasteiger partial charge in [-0.3, -0.25) is 4.57 Å². The molecule has 1 atom stereocenters. The number of ether oxygens (including phenoxy) is 2. The third kappa shape index (κ3) is 3.25. The topological polar surface area (TPSA) is 69.1 Å². The van der Waals surface area contributed by atoms with Crippen molar-refractivity contribution in [3.05, 3.63) is 75.5 Å². The van der Waals surface area contributed by atoms with E-state index in [1.807, 2.05) is 30.3 Å². The minimum Gasteiger partial charge on any atom is -0.460 e. The van der Waals surface area contributed by atoms with Gasteiger partial charge in [0, 0.05) is 29.5 Å². The fourth-order valence-corrected chi connectivity index (χ4v) is 3.65. The van der Waals surface area contributed by atoms with Crippen LogP contribution in [-0.4, -0.2) is 14.8 Å². The van der Waals surface area contributed by atoms with Crippen LogP contribution in [0.25, 0.3) is 0 Å². The van der Waals surface area contributed by atoms with Gasteiger partial charge in [0.1, 0.15) is 11.6 Å². The number of thioether (sulfide) groups is 1. The summed E-state index contributed by atoms with van der Waals surface area (Å²) in [5.74, 6) is 0.694. The molecule has 3 aromatic rings. The molecule has 0 fully saturated rings. The van der Waals surface area contributed by atoms with Crippen LogP contribution in [0.15, 0.2) is 52.4 Å². The highest BCUT2D eigenvalue weighted by Crippen LogP contribution is 2.38. The van der Waals surface area contributed by atoms with Crippen molar-refractivity contribution in [1.29, 1.82) is 0 Å². The minimum absolute atomic E-state index is 0.269. The molecule has 134 valence electrons. The van der Waals surface area contributed by atoms with Gasteiger partial charge in [-0.1, -0.05) is 42.1 Å². The summed E-state index contributed by atoms with van der Waals surface area (Å²) in [6, 6.07) is 12.5. The minimum atomic E-state index is -0.535. The molecule has 0 aliphatic carbocycles. The lowest BCUT2D eigenvalue weighted by Crippen LogP contribution is -2.19. The Morgan fingerprint density at radius 1 is 1.35 bits per heavy atom. The fraction of sp³-hybridized carbons (Fsp3) is 0.222. The zero-order valence-electron chi connectivity index (χ0n) is 13.9. The molecule has 0 unspecified atom stereocenters. The predicted octanol–water partition coefficient (Wildman–Crippen LogP) is 3.15. The standard InChI is InChI=1S/C18H16FN3O3S/c1-22-17(23)20-21-18(22)26-10-13-8-14(19)7-12-9-24-16(25-15(12)13)11-5-3-2-4-6-11/h2-8,16H,9-10H2,1H3,(H,20,23)/t16-/m0/s1. The lowest BCUT2D eigenvalue weighted by Gasteiger charge is -2.28. The number of H-pyrrole nitrogens is 1. The first-order valence-electron chi connectivity index (χ1n) is 8.00. The second-order valence-electron chi connectivity index (χ2n) is 5.88. The Kier molecular flexibility index (Phi) is 4.52. The maximum Gasteiger partial charge on any atom is 0.343 e. The van der Waals surface area contributed by atoms with Crippen molar-refractivity contribution in [2.45, 2.75) is 23.8 Å². The van der Waals surface area contributed by atoms with Crippen LogP contribution >= 0.6 is 11.8 Å². The van der Waals surface area contributed by atoms with Crippen molar-refractivity contribution < 1.29 is 13.9 Å². The molecule has 0 bridgehead atoms. The third-order valence-corrected chi connectivity index (χ3v) is 5.17. The molecule has 1 aromatic heterocycles. The van der Waals surface area contributed by atoms with E-state index in [-0.39, 0.29) is 18.1 Å². The summed E-state index contributed by atoms with van der Waals surface area (Å²) >= 11 is 1.33. The van der Waals surface area contributed by atoms with Crippen molar-refractivity contribution in [3.63, 3.8) is 0 Å². The van der Waals surface area contributed by atoms with Gasteiger partial charge in [-0.25, -0.2) is 14.3 Å². The lowest BCUT2D eigenvalue weighted by atomic mass is 10.1. The van der Waals surface area contributed by atoms with E-state index in [4.69, 9.17) is 9.47 Å². The van der Waals surface area contributed by atoms with Crippen LogP contribution in [0, 0.1) is 5.82 Å². The average Bonchev–Trinajstić information content (AvgIpc) is 2.98. The zero-order chi connectivity index (χ0) is 18.1. The maximum atomic E-state index is 14.0. The number of benzene rings is 2. The van der Waals surface area contributed by atoms with E-state index in [0.717, 1.165) is 5.56 Å². The lowest BCUT2D eigenvalue weighted by molar-refractivity contribution is -0.112. The molecule has 2 heterocycles. The highest BCUT2D eigenvalue weighted by atomic mass is 32.2. The van der Waals surface area contributed by atoms with Gasteiger partial charge in [-0.2, -0.15) is 0 Å². The third-order valence-electron chi connectivity index (χ3n) is 4.09. The smallest absolute Gasteiger partial charge is 0.343 e. The molecule has 1 aliphatic heterocycles. The van der Waals surface area contributed by atoms with Crippen LogP contribution in [-0.2, 0) is 24.1 Å². The van der Waals surface area contributed by atoms with E-state index in [1.165, 1.54) is 28.5 Å². The largest absolute Gasteiger partial charge is 0.460 e. The molecule has 8 heteroatoms. The van der Waals surface area contributed by atoms with Crippen molar-refractivity contribution >= 4 is 11.8 Å². The van der Waals surface area contributed by atoms with E-state index in [1.54, 1.807) is 7.05 Å². The first-order chi connectivity index (χ1) is 12.6. The van der Waals surface area contributed by atoms with Crippen LogP contribution in [0.1, 0.15) is 23.0 Å². The van der Waals surface area contributed by atoms with Crippen molar-refractivity contribution in [3.8, 4) is 5.75 Å². The molecule has 0 amide bonds. The summed E-state index contributed by atoms with van der Waals surface area (Å²) in [6.07, 6.45) is -0.535. The summed E-state index contributed by atoms with van der Waals surface area (Å²) in [4.78, 5) is 11.5. The Hall–Kier alpha value is -2.58. The number of rotatable bonds is 4. The number of aromatic nitrogens is 3. The van der Waals surface area contributed by atoms with E-state index in [2.05, 4.69) is 10.2 Å². The number of nitrogens with zero attached hydrogens (tertiary/aromatic N) is 2. The van der Waals surface area contributed by atoms with Gasteiger partial charge < -0.3 is 9.47 Å². The fourth-order valence-electron chi connectivity index (χ4n) is 2.76. The molecule has 4 rings (SSSR count). The van der Waals surface area contributed by atoms with Gasteiger partial charge in [-0.05, 0) is 12.1 Å². The Labute approximate surface area is 153 Å². The highest BCUT2D eigenvalue weighted by Gasteiger charge is 2.25. The number of hydrogen-bond donors (Lipinski definition) is 1. The quantitative estimate of drug-likeness (QED) is 0.712. The number of nitrogens with one attached hydrogen (secondary N) is 1. The van der Waals surface area contributed by atoms with Gasteiger partial charge >= 0.3 is 5.69 Å². The first-order valence-corrected chi connectivity index (χ1v) is 8.99. The van der Waals surface area contributed by atoms with Crippen LogP contribution in [0.3, 0.4) is 0 Å². The Morgan fingerprint density at radius 3 is 2.88 bits per heavy atom. The molecule has 0 saturated carbocycles. The van der Waals surface area contributed by atoms with Crippen molar-refractivity contribution in [2.75, 3.05) is 0 Å². The molecular formula is C18H16FN3O3S. The maximum absolute atomic E-state index is 14.0. The van der Waals surface area contributed by atoms with E-state index in [9.17, 15) is 9.18 Å². The molecule has 0 saturated heterocycles. The predicted molar refractivity (Wildman–Crippen MR) is 94.4 cm³/mol. The van der Waals surface area contributed by atoms with Crippen LogP contribution in [0.5, 0.6) is 5.75 Å². The SMILES string of the molecule is Cn1c(SCc2cc(F)cc3c2O[C@@H](c2ccccc2)OC3)n[nH]c1=O. The van der Waals surface area contributed by atoms with E-state index in [0.29, 0.717) is 27.8 Å². The summed E-state index contributed by atoms with van der Waals surface area (Å²) in [7, 11) is 1.63. The Balaban J connectivity index is 1.61. The molecule has 1 N–H and O–H groups in total. The Morgan fingerprint density at radius 2 is 2.15 bits per heavy atom. The number of fused-ring (bicyclic) bond motifs is 1. The zero-order valence-corrected chi connectivity index (χ0v) is 14.8. The summed E-state index contributed by atoms with van der Waals surface area (Å²) in [5.41, 5.74) is 1.98. The molecular weight excluding hydrogens is 357 g/mol. The van der Waals surface area contributed by atoms with Crippen molar-refractivity contribution in [2.24, 2.45) is 7.05 Å². The number of aromatic amines is 1. The Bertz CT molecular complexity index is 987. The summed E-state index contributed by atoms with van der Waals surface area (Å²) < 4.78 is 27.2. The van der Waals surface area contributed by atoms with Crippen LogP contribution < -0.4 is 10.4 Å². The second kappa shape index (κ2) is 6.97. The second-order valence-corrected chi connectivity index (χ2v) is 6.83. The van der Waals surface area contributed by atoms with Gasteiger partial charge in [0.25, 0.3) is 0 Å². The molecule has 2 aromatic carbocycles. The van der Waals surface area contributed by atoms with Gasteiger partial charge in [0.05, 0.1) is 6.61 Å². The average molecular weight is 373 g/mol. The van der Waals surface area contributed by atoms with Crippen molar-refractivity contribution in [1.82, 2.24) is 14.8 Å². The molecule has 0 radical (unpaired) electrons. The number of halogens is 1. The first kappa shape index (κ1) is 16.9. The van der Waals surface area contributed by atoms with Crippen LogP contribution in [0.2, 0.25) is 0 Å². The summed E-state index contributed by atoms with van der Waals surface area (Å²) in [5, 5.41) is 6.87. The summed E-state index contributed by atoms with van der Waals surface area (Å²) in [6.45, 7) is 0.269. The van der Waals surface area contributed by atoms with Gasteiger partial charge in [-0.15, -0.1) is 5.10 Å². The molecule has 26 heavy (non-hydrogen) atoms. The molecule has 6 nitrogen and oxygen atoms in total. The normalized spacial score (nSPS) is 16.2. The highest BCUT2D eigenvalue weighted by molar-refractivity contribution is 7.98. The molecule has 1 aliphatic rings. The van der Waals surface area contributed by atoms with E-state index >= 15 is 0 Å². The van der Waals surface area contributed by atoms with Gasteiger partial charge in [0.2, 0.25) is 6.29 Å². The van der Waals surface area contributed by atoms with Crippen LogP contribution in [0.4, 0.5) is 4.39 Å². The molecule has 0 spiro atoms. The number of hydrogen-bond acceptors (Lipinski definition) is 5. The van der Waals surface area contributed by atoms with Gasteiger partial charge in [0.15, 0.2) is 5.16 Å². The monoisotopic (exact) mass is 373 g/mol. The van der Waals surface area contributed by atoms with E-state index < -0.39 is 6.29 Å².